The van der Waals surface area contributed by atoms with Crippen LogP contribution in [0.25, 0.3) is 5.76 Å². The number of carbonyl (C=O) groups excluding carboxylic acids is 2. The van der Waals surface area contributed by atoms with Crippen LogP contribution in [0.4, 0.5) is 5.69 Å². The van der Waals surface area contributed by atoms with Crippen LogP contribution in [-0.2, 0) is 9.59 Å². The number of benzene rings is 2. The third-order valence-electron chi connectivity index (χ3n) is 5.33. The van der Waals surface area contributed by atoms with Crippen LogP contribution >= 0.6 is 27.5 Å². The van der Waals surface area contributed by atoms with Crippen LogP contribution in [0.3, 0.4) is 0 Å². The fourth-order valence-corrected chi connectivity index (χ4v) is 4.06. The normalized spacial score (nSPS) is 17.9. The van der Waals surface area contributed by atoms with E-state index in [2.05, 4.69) is 20.9 Å². The lowest BCUT2D eigenvalue weighted by Gasteiger charge is -2.25. The van der Waals surface area contributed by atoms with Crippen molar-refractivity contribution in [1.82, 2.24) is 4.98 Å². The van der Waals surface area contributed by atoms with Gasteiger partial charge in [-0.05, 0) is 66.9 Å². The molecule has 0 aliphatic carbocycles. The molecule has 4 rings (SSSR count). The Morgan fingerprint density at radius 1 is 1.03 bits per heavy atom. The summed E-state index contributed by atoms with van der Waals surface area (Å²) in [5, 5.41) is 11.6. The molecule has 1 aliphatic rings. The Morgan fingerprint density at radius 3 is 2.39 bits per heavy atom. The Labute approximate surface area is 193 Å². The molecule has 1 N–H and O–H groups in total. The summed E-state index contributed by atoms with van der Waals surface area (Å²) in [6, 6.07) is 13.1. The molecule has 2 aromatic carbocycles. The predicted molar refractivity (Wildman–Crippen MR) is 124 cm³/mol. The molecule has 156 valence electrons. The van der Waals surface area contributed by atoms with Crippen molar-refractivity contribution in [2.75, 3.05) is 4.90 Å². The van der Waals surface area contributed by atoms with Crippen molar-refractivity contribution in [2.24, 2.45) is 0 Å². The molecule has 1 aromatic heterocycles. The van der Waals surface area contributed by atoms with Gasteiger partial charge in [0.2, 0.25) is 0 Å². The van der Waals surface area contributed by atoms with Crippen LogP contribution in [0.1, 0.15) is 28.3 Å². The Kier molecular flexibility index (Phi) is 5.69. The van der Waals surface area contributed by atoms with Crippen molar-refractivity contribution in [1.29, 1.82) is 0 Å². The van der Waals surface area contributed by atoms with Gasteiger partial charge in [-0.3, -0.25) is 19.5 Å². The molecule has 1 amide bonds. The van der Waals surface area contributed by atoms with Crippen molar-refractivity contribution < 1.29 is 14.7 Å². The lowest BCUT2D eigenvalue weighted by Crippen LogP contribution is -2.29. The number of aliphatic hydroxyl groups excluding tert-OH is 1. The zero-order valence-corrected chi connectivity index (χ0v) is 19.1. The summed E-state index contributed by atoms with van der Waals surface area (Å²) in [6.07, 6.45) is 3.17. The zero-order chi connectivity index (χ0) is 22.3. The second kappa shape index (κ2) is 8.29. The molecule has 1 saturated heterocycles. The SMILES string of the molecule is Cc1ccc(N2C(=O)C(=O)/C(=C(/O)c3ccc(Br)c(C)c3)C2c2ccncc2)cc1Cl. The topological polar surface area (TPSA) is 70.5 Å². The second-order valence-electron chi connectivity index (χ2n) is 7.35. The van der Waals surface area contributed by atoms with Crippen molar-refractivity contribution in [2.45, 2.75) is 19.9 Å². The number of aromatic nitrogens is 1. The molecule has 2 heterocycles. The molecular formula is C24H18BrClN2O3. The molecule has 7 heteroatoms. The quantitative estimate of drug-likeness (QED) is 0.284. The Morgan fingerprint density at radius 2 is 1.74 bits per heavy atom. The number of aryl methyl sites for hydroxylation is 2. The first kappa shape index (κ1) is 21.3. The first-order valence-corrected chi connectivity index (χ1v) is 10.7. The number of rotatable bonds is 3. The number of hydrogen-bond donors (Lipinski definition) is 1. The average molecular weight is 498 g/mol. The molecule has 3 aromatic rings. The van der Waals surface area contributed by atoms with Crippen LogP contribution in [-0.4, -0.2) is 21.8 Å². The number of ketones is 1. The highest BCUT2D eigenvalue weighted by atomic mass is 79.9. The zero-order valence-electron chi connectivity index (χ0n) is 16.8. The highest BCUT2D eigenvalue weighted by molar-refractivity contribution is 9.10. The lowest BCUT2D eigenvalue weighted by molar-refractivity contribution is -0.132. The number of halogens is 2. The monoisotopic (exact) mass is 496 g/mol. The van der Waals surface area contributed by atoms with E-state index in [-0.39, 0.29) is 11.3 Å². The Bertz CT molecular complexity index is 1240. The van der Waals surface area contributed by atoms with E-state index in [0.717, 1.165) is 15.6 Å². The first-order valence-electron chi connectivity index (χ1n) is 9.53. The second-order valence-corrected chi connectivity index (χ2v) is 8.61. The van der Waals surface area contributed by atoms with Crippen molar-refractivity contribution in [3.8, 4) is 0 Å². The smallest absolute Gasteiger partial charge is 0.300 e. The molecule has 0 radical (unpaired) electrons. The van der Waals surface area contributed by atoms with E-state index in [1.807, 2.05) is 13.8 Å². The fourth-order valence-electron chi connectivity index (χ4n) is 3.64. The van der Waals surface area contributed by atoms with Gasteiger partial charge in [0.15, 0.2) is 0 Å². The summed E-state index contributed by atoms with van der Waals surface area (Å²) in [5.41, 5.74) is 3.36. The third-order valence-corrected chi connectivity index (χ3v) is 6.63. The standard InChI is InChI=1S/C24H18BrClN2O3/c1-13-3-5-17(12-19(13)26)28-21(15-7-9-27-10-8-15)20(23(30)24(28)31)22(29)16-4-6-18(25)14(2)11-16/h3-12,21,29H,1-2H3/b22-20+. The van der Waals surface area contributed by atoms with Crippen molar-refractivity contribution in [3.63, 3.8) is 0 Å². The summed E-state index contributed by atoms with van der Waals surface area (Å²) in [4.78, 5) is 31.7. The van der Waals surface area contributed by atoms with Gasteiger partial charge >= 0.3 is 0 Å². The average Bonchev–Trinajstić information content (AvgIpc) is 3.03. The third kappa shape index (κ3) is 3.77. The van der Waals surface area contributed by atoms with Crippen LogP contribution in [0, 0.1) is 13.8 Å². The van der Waals surface area contributed by atoms with Gasteiger partial charge in [0.05, 0.1) is 11.6 Å². The molecule has 0 saturated carbocycles. The molecule has 0 bridgehead atoms. The summed E-state index contributed by atoms with van der Waals surface area (Å²) >= 11 is 9.74. The molecule has 1 atom stereocenters. The minimum Gasteiger partial charge on any atom is -0.507 e. The number of carbonyl (C=O) groups is 2. The van der Waals surface area contributed by atoms with E-state index in [9.17, 15) is 14.7 Å². The first-order chi connectivity index (χ1) is 14.8. The summed E-state index contributed by atoms with van der Waals surface area (Å²) in [5.74, 6) is -1.70. The van der Waals surface area contributed by atoms with Crippen LogP contribution in [0.15, 0.2) is 71.0 Å². The largest absolute Gasteiger partial charge is 0.507 e. The van der Waals surface area contributed by atoms with E-state index >= 15 is 0 Å². The maximum atomic E-state index is 13.1. The molecule has 5 nitrogen and oxygen atoms in total. The van der Waals surface area contributed by atoms with E-state index in [0.29, 0.717) is 21.8 Å². The summed E-state index contributed by atoms with van der Waals surface area (Å²) < 4.78 is 0.879. The number of nitrogens with zero attached hydrogens (tertiary/aromatic N) is 2. The number of amides is 1. The van der Waals surface area contributed by atoms with E-state index in [4.69, 9.17) is 11.6 Å². The van der Waals surface area contributed by atoms with Gasteiger partial charge < -0.3 is 5.11 Å². The molecule has 0 spiro atoms. The van der Waals surface area contributed by atoms with E-state index < -0.39 is 17.7 Å². The molecule has 1 fully saturated rings. The van der Waals surface area contributed by atoms with Gasteiger partial charge in [-0.2, -0.15) is 0 Å². The fraction of sp³-hybridized carbons (Fsp3) is 0.125. The highest BCUT2D eigenvalue weighted by Gasteiger charge is 2.47. The maximum Gasteiger partial charge on any atom is 0.300 e. The van der Waals surface area contributed by atoms with Crippen LogP contribution < -0.4 is 4.90 Å². The summed E-state index contributed by atoms with van der Waals surface area (Å²) in [6.45, 7) is 3.74. The highest BCUT2D eigenvalue weighted by Crippen LogP contribution is 2.42. The molecule has 1 aliphatic heterocycles. The molecular weight excluding hydrogens is 480 g/mol. The number of anilines is 1. The number of aliphatic hydroxyl groups is 1. The number of pyridine rings is 1. The number of Topliss-reactive ketones (excluding diaryl/α,β-unsaturated/α-hetero) is 1. The summed E-state index contributed by atoms with van der Waals surface area (Å²) in [7, 11) is 0. The number of hydrogen-bond acceptors (Lipinski definition) is 4. The molecule has 1 unspecified atom stereocenters. The van der Waals surface area contributed by atoms with Crippen LogP contribution in [0.5, 0.6) is 0 Å². The maximum absolute atomic E-state index is 13.1. The van der Waals surface area contributed by atoms with Crippen LogP contribution in [0.2, 0.25) is 5.02 Å². The van der Waals surface area contributed by atoms with Crippen molar-refractivity contribution >= 4 is 50.7 Å². The minimum absolute atomic E-state index is 0.0228. The van der Waals surface area contributed by atoms with Gasteiger partial charge in [-0.25, -0.2) is 0 Å². The van der Waals surface area contributed by atoms with E-state index in [1.54, 1.807) is 60.9 Å². The van der Waals surface area contributed by atoms with Gasteiger partial charge in [0, 0.05) is 33.1 Å². The Hall–Kier alpha value is -2.96. The van der Waals surface area contributed by atoms with Gasteiger partial charge in [-0.15, -0.1) is 0 Å². The van der Waals surface area contributed by atoms with Gasteiger partial charge in [0.25, 0.3) is 11.7 Å². The van der Waals surface area contributed by atoms with Crippen molar-refractivity contribution in [3.05, 3.63) is 98.2 Å². The Balaban J connectivity index is 1.95. The van der Waals surface area contributed by atoms with Gasteiger partial charge in [-0.1, -0.05) is 39.7 Å². The van der Waals surface area contributed by atoms with Gasteiger partial charge in [0.1, 0.15) is 5.76 Å². The lowest BCUT2D eigenvalue weighted by atomic mass is 9.95. The van der Waals surface area contributed by atoms with E-state index in [1.165, 1.54) is 4.90 Å². The minimum atomic E-state index is -0.814. The predicted octanol–water partition coefficient (Wildman–Crippen LogP) is 5.74. The molecule has 31 heavy (non-hydrogen) atoms.